The van der Waals surface area contributed by atoms with Gasteiger partial charge in [-0.15, -0.1) is 0 Å². The molecule has 1 N–H and O–H groups in total. The van der Waals surface area contributed by atoms with Gasteiger partial charge in [-0.3, -0.25) is 9.69 Å². The molecule has 92 valence electrons. The van der Waals surface area contributed by atoms with Crippen LogP contribution in [0.2, 0.25) is 0 Å². The van der Waals surface area contributed by atoms with E-state index >= 15 is 0 Å². The molecule has 0 amide bonds. The minimum Gasteiger partial charge on any atom is -0.481 e. The topological polar surface area (TPSA) is 49.8 Å². The van der Waals surface area contributed by atoms with Gasteiger partial charge in [0.1, 0.15) is 0 Å². The van der Waals surface area contributed by atoms with E-state index < -0.39 is 5.97 Å². The van der Waals surface area contributed by atoms with Crippen LogP contribution in [-0.4, -0.2) is 48.3 Å². The Labute approximate surface area is 96.6 Å². The first-order valence-electron chi connectivity index (χ1n) is 6.23. The van der Waals surface area contributed by atoms with E-state index in [0.717, 1.165) is 45.6 Å². The van der Waals surface area contributed by atoms with Gasteiger partial charge in [-0.05, 0) is 25.2 Å². The number of ether oxygens (including phenoxy) is 1. The Balaban J connectivity index is 1.93. The second kappa shape index (κ2) is 5.15. The Morgan fingerprint density at radius 2 is 2.12 bits per heavy atom. The molecule has 2 saturated heterocycles. The molecular weight excluding hydrogens is 206 g/mol. The monoisotopic (exact) mass is 227 g/mol. The van der Waals surface area contributed by atoms with Crippen molar-refractivity contribution in [2.24, 2.45) is 11.8 Å². The molecule has 4 heteroatoms. The van der Waals surface area contributed by atoms with Gasteiger partial charge in [0.2, 0.25) is 0 Å². The lowest BCUT2D eigenvalue weighted by atomic mass is 9.99. The summed E-state index contributed by atoms with van der Waals surface area (Å²) in [6, 6.07) is 0.536. The van der Waals surface area contributed by atoms with Crippen molar-refractivity contribution < 1.29 is 14.6 Å². The van der Waals surface area contributed by atoms with Crippen molar-refractivity contribution in [3.8, 4) is 0 Å². The molecule has 0 spiro atoms. The van der Waals surface area contributed by atoms with Crippen molar-refractivity contribution in [2.45, 2.75) is 32.2 Å². The molecule has 2 aliphatic rings. The van der Waals surface area contributed by atoms with E-state index in [1.54, 1.807) is 0 Å². The van der Waals surface area contributed by atoms with Crippen LogP contribution < -0.4 is 0 Å². The number of likely N-dealkylation sites (tertiary alicyclic amines) is 1. The molecule has 2 aliphatic heterocycles. The first-order valence-corrected chi connectivity index (χ1v) is 6.23. The summed E-state index contributed by atoms with van der Waals surface area (Å²) in [6.07, 6.45) is 3.31. The maximum absolute atomic E-state index is 11.1. The second-order valence-electron chi connectivity index (χ2n) is 5.07. The number of hydrogen-bond acceptors (Lipinski definition) is 3. The van der Waals surface area contributed by atoms with Crippen LogP contribution in [0.1, 0.15) is 26.2 Å². The average molecular weight is 227 g/mol. The van der Waals surface area contributed by atoms with Crippen molar-refractivity contribution >= 4 is 5.97 Å². The lowest BCUT2D eigenvalue weighted by Gasteiger charge is -2.26. The molecule has 3 unspecified atom stereocenters. The molecule has 0 saturated carbocycles. The molecule has 4 nitrogen and oxygen atoms in total. The summed E-state index contributed by atoms with van der Waals surface area (Å²) in [5, 5.41) is 9.10. The van der Waals surface area contributed by atoms with Gasteiger partial charge in [-0.1, -0.05) is 6.92 Å². The lowest BCUT2D eigenvalue weighted by Crippen LogP contribution is -2.34. The van der Waals surface area contributed by atoms with Crippen LogP contribution in [0.5, 0.6) is 0 Å². The van der Waals surface area contributed by atoms with E-state index in [9.17, 15) is 4.79 Å². The Morgan fingerprint density at radius 3 is 2.81 bits per heavy atom. The Morgan fingerprint density at radius 1 is 1.31 bits per heavy atom. The second-order valence-corrected chi connectivity index (χ2v) is 5.07. The van der Waals surface area contributed by atoms with Gasteiger partial charge in [0.05, 0.1) is 5.92 Å². The molecule has 16 heavy (non-hydrogen) atoms. The largest absolute Gasteiger partial charge is 0.481 e. The molecule has 0 radical (unpaired) electrons. The first-order chi connectivity index (χ1) is 7.68. The molecule has 0 aliphatic carbocycles. The Kier molecular flexibility index (Phi) is 3.82. The zero-order chi connectivity index (χ0) is 11.5. The molecule has 2 fully saturated rings. The van der Waals surface area contributed by atoms with Gasteiger partial charge in [0, 0.05) is 32.3 Å². The lowest BCUT2D eigenvalue weighted by molar-refractivity contribution is -0.142. The van der Waals surface area contributed by atoms with E-state index in [1.807, 2.05) is 6.92 Å². The summed E-state index contributed by atoms with van der Waals surface area (Å²) in [5.74, 6) is -0.536. The van der Waals surface area contributed by atoms with Crippen LogP contribution in [0, 0.1) is 11.8 Å². The highest BCUT2D eigenvalue weighted by Gasteiger charge is 2.37. The van der Waals surface area contributed by atoms with E-state index in [1.165, 1.54) is 0 Å². The van der Waals surface area contributed by atoms with Crippen LogP contribution in [0.15, 0.2) is 0 Å². The number of nitrogens with zero attached hydrogens (tertiary/aromatic N) is 1. The van der Waals surface area contributed by atoms with Gasteiger partial charge >= 0.3 is 5.97 Å². The predicted molar refractivity (Wildman–Crippen MR) is 60.3 cm³/mol. The standard InChI is InChI=1S/C12H21NO3/c1-9-7-13(8-11(9)12(14)15)10-3-2-5-16-6-4-10/h9-11H,2-8H2,1H3,(H,14,15). The van der Waals surface area contributed by atoms with Crippen molar-refractivity contribution in [3.05, 3.63) is 0 Å². The molecule has 2 rings (SSSR count). The van der Waals surface area contributed by atoms with E-state index in [2.05, 4.69) is 4.90 Å². The summed E-state index contributed by atoms with van der Waals surface area (Å²) >= 11 is 0. The van der Waals surface area contributed by atoms with Crippen LogP contribution >= 0.6 is 0 Å². The van der Waals surface area contributed by atoms with Crippen LogP contribution in [0.3, 0.4) is 0 Å². The number of hydrogen-bond donors (Lipinski definition) is 1. The summed E-state index contributed by atoms with van der Waals surface area (Å²) in [4.78, 5) is 13.4. The summed E-state index contributed by atoms with van der Waals surface area (Å²) in [6.45, 7) is 5.39. The quantitative estimate of drug-likeness (QED) is 0.770. The van der Waals surface area contributed by atoms with Gasteiger partial charge in [0.15, 0.2) is 0 Å². The summed E-state index contributed by atoms with van der Waals surface area (Å²) < 4.78 is 5.44. The summed E-state index contributed by atoms with van der Waals surface area (Å²) in [5.41, 5.74) is 0. The smallest absolute Gasteiger partial charge is 0.308 e. The fraction of sp³-hybridized carbons (Fsp3) is 0.917. The minimum absolute atomic E-state index is 0.177. The van der Waals surface area contributed by atoms with Crippen molar-refractivity contribution in [2.75, 3.05) is 26.3 Å². The Bertz CT molecular complexity index is 249. The average Bonchev–Trinajstić information content (AvgIpc) is 2.50. The number of carbonyl (C=O) groups is 1. The van der Waals surface area contributed by atoms with Crippen LogP contribution in [-0.2, 0) is 9.53 Å². The summed E-state index contributed by atoms with van der Waals surface area (Å²) in [7, 11) is 0. The van der Waals surface area contributed by atoms with Gasteiger partial charge in [0.25, 0.3) is 0 Å². The molecule has 0 aromatic carbocycles. The fourth-order valence-corrected chi connectivity index (χ4v) is 2.88. The fourth-order valence-electron chi connectivity index (χ4n) is 2.88. The predicted octanol–water partition coefficient (Wildman–Crippen LogP) is 1.21. The highest BCUT2D eigenvalue weighted by atomic mass is 16.5. The zero-order valence-electron chi connectivity index (χ0n) is 9.89. The van der Waals surface area contributed by atoms with Crippen LogP contribution in [0.4, 0.5) is 0 Å². The third-order valence-electron chi connectivity index (χ3n) is 3.90. The first kappa shape index (κ1) is 11.9. The zero-order valence-corrected chi connectivity index (χ0v) is 9.89. The highest BCUT2D eigenvalue weighted by molar-refractivity contribution is 5.71. The molecule has 3 atom stereocenters. The van der Waals surface area contributed by atoms with Gasteiger partial charge in [-0.2, -0.15) is 0 Å². The van der Waals surface area contributed by atoms with Crippen molar-refractivity contribution in [1.82, 2.24) is 4.90 Å². The molecule has 0 bridgehead atoms. The van der Waals surface area contributed by atoms with Gasteiger partial charge < -0.3 is 9.84 Å². The highest BCUT2D eigenvalue weighted by Crippen LogP contribution is 2.28. The molecular formula is C12H21NO3. The number of rotatable bonds is 2. The third-order valence-corrected chi connectivity index (χ3v) is 3.90. The number of carboxylic acids is 1. The van der Waals surface area contributed by atoms with Crippen molar-refractivity contribution in [1.29, 1.82) is 0 Å². The van der Waals surface area contributed by atoms with E-state index in [4.69, 9.17) is 9.84 Å². The van der Waals surface area contributed by atoms with Crippen molar-refractivity contribution in [3.63, 3.8) is 0 Å². The number of carboxylic acid groups (broad SMARTS) is 1. The molecule has 2 heterocycles. The Hall–Kier alpha value is -0.610. The van der Waals surface area contributed by atoms with Crippen LogP contribution in [0.25, 0.3) is 0 Å². The number of aliphatic carboxylic acids is 1. The van der Waals surface area contributed by atoms with Gasteiger partial charge in [-0.25, -0.2) is 0 Å². The van der Waals surface area contributed by atoms with E-state index in [0.29, 0.717) is 6.04 Å². The maximum Gasteiger partial charge on any atom is 0.308 e. The SMILES string of the molecule is CC1CN(C2CCCOCC2)CC1C(=O)O. The maximum atomic E-state index is 11.1. The third kappa shape index (κ3) is 2.55. The minimum atomic E-state index is -0.639. The van der Waals surface area contributed by atoms with E-state index in [-0.39, 0.29) is 11.8 Å². The molecule has 0 aromatic heterocycles. The molecule has 0 aromatic rings. The normalized spacial score (nSPS) is 37.2.